The molecule has 1 nitrogen and oxygen atoms in total. The van der Waals surface area contributed by atoms with Gasteiger partial charge in [-0.1, -0.05) is 97.9 Å². The number of hydrogen-bond acceptors (Lipinski definition) is 1. The zero-order valence-corrected chi connectivity index (χ0v) is 13.9. The molecule has 2 atom stereocenters. The number of hydrogen-bond donors (Lipinski definition) is 0. The third-order valence-electron chi connectivity index (χ3n) is 4.57. The first-order valence-corrected chi connectivity index (χ1v) is 8.50. The zero-order valence-electron chi connectivity index (χ0n) is 13.9. The number of rotatable bonds is 6. The van der Waals surface area contributed by atoms with E-state index >= 15 is 0 Å². The predicted molar refractivity (Wildman–Crippen MR) is 99.4 cm³/mol. The first kappa shape index (κ1) is 16.2. The highest BCUT2D eigenvalue weighted by Crippen LogP contribution is 2.37. The molecule has 0 spiro atoms. The summed E-state index contributed by atoms with van der Waals surface area (Å²) in [6.45, 7) is 2.16. The lowest BCUT2D eigenvalue weighted by Crippen LogP contribution is -2.20. The van der Waals surface area contributed by atoms with Gasteiger partial charge in [0, 0.05) is 5.56 Å². The van der Waals surface area contributed by atoms with Gasteiger partial charge in [-0.25, -0.2) is 0 Å². The molecule has 0 unspecified atom stereocenters. The number of carbonyl (C=O) groups is 1. The van der Waals surface area contributed by atoms with E-state index in [0.29, 0.717) is 0 Å². The van der Waals surface area contributed by atoms with Crippen LogP contribution in [0.2, 0.25) is 0 Å². The first-order valence-electron chi connectivity index (χ1n) is 8.50. The Kier molecular flexibility index (Phi) is 5.22. The molecule has 24 heavy (non-hydrogen) atoms. The quantitative estimate of drug-likeness (QED) is 0.522. The van der Waals surface area contributed by atoms with Crippen LogP contribution in [0.15, 0.2) is 91.0 Å². The maximum Gasteiger partial charge on any atom is 0.170 e. The van der Waals surface area contributed by atoms with Gasteiger partial charge in [0.2, 0.25) is 0 Å². The Morgan fingerprint density at radius 3 is 1.67 bits per heavy atom. The summed E-state index contributed by atoms with van der Waals surface area (Å²) >= 11 is 0. The Morgan fingerprint density at radius 2 is 1.17 bits per heavy atom. The minimum atomic E-state index is -0.166. The molecule has 0 aliphatic heterocycles. The third-order valence-corrected chi connectivity index (χ3v) is 4.57. The molecule has 0 heterocycles. The second-order valence-electron chi connectivity index (χ2n) is 6.04. The van der Waals surface area contributed by atoms with Crippen molar-refractivity contribution >= 4 is 5.78 Å². The molecule has 0 N–H and O–H groups in total. The molecule has 1 heteroatoms. The van der Waals surface area contributed by atoms with Crippen LogP contribution in [0.4, 0.5) is 0 Å². The van der Waals surface area contributed by atoms with Gasteiger partial charge < -0.3 is 0 Å². The van der Waals surface area contributed by atoms with Crippen LogP contribution >= 0.6 is 0 Å². The largest absolute Gasteiger partial charge is 0.293 e. The number of carbonyl (C=O) groups excluding carboxylic acids is 1. The Balaban J connectivity index is 2.07. The van der Waals surface area contributed by atoms with Gasteiger partial charge in [-0.15, -0.1) is 0 Å². The molecule has 120 valence electrons. The van der Waals surface area contributed by atoms with Crippen LogP contribution in [0.1, 0.15) is 46.7 Å². The van der Waals surface area contributed by atoms with Gasteiger partial charge in [0.25, 0.3) is 0 Å². The van der Waals surface area contributed by atoms with E-state index in [2.05, 4.69) is 31.2 Å². The molecule has 3 aromatic rings. The molecule has 0 aromatic heterocycles. The first-order chi connectivity index (χ1) is 11.8. The van der Waals surface area contributed by atoms with Crippen molar-refractivity contribution in [3.8, 4) is 0 Å². The molecular weight excluding hydrogens is 292 g/mol. The summed E-state index contributed by atoms with van der Waals surface area (Å²) in [4.78, 5) is 13.3. The standard InChI is InChI=1S/C23H22O/c1-2-21(18-12-6-3-7-13-18)22(19-14-8-4-9-15-19)23(24)20-16-10-5-11-17-20/h3-17,21-22H,2H2,1H3/t21-,22-/m0/s1. The number of Topliss-reactive ketones (excluding diaryl/α,β-unsaturated/α-hetero) is 1. The molecule has 0 aliphatic carbocycles. The Hall–Kier alpha value is -2.67. The molecule has 0 fully saturated rings. The number of ketones is 1. The smallest absolute Gasteiger partial charge is 0.170 e. The lowest BCUT2D eigenvalue weighted by molar-refractivity contribution is 0.0945. The third kappa shape index (κ3) is 3.46. The fourth-order valence-corrected chi connectivity index (χ4v) is 3.37. The van der Waals surface area contributed by atoms with E-state index in [1.165, 1.54) is 5.56 Å². The van der Waals surface area contributed by atoms with E-state index in [4.69, 9.17) is 0 Å². The van der Waals surface area contributed by atoms with Crippen molar-refractivity contribution in [2.24, 2.45) is 0 Å². The lowest BCUT2D eigenvalue weighted by Gasteiger charge is -2.26. The van der Waals surface area contributed by atoms with Gasteiger partial charge in [0.1, 0.15) is 0 Å². The van der Waals surface area contributed by atoms with Gasteiger partial charge >= 0.3 is 0 Å². The van der Waals surface area contributed by atoms with E-state index in [1.54, 1.807) is 0 Å². The molecule has 0 saturated carbocycles. The Labute approximate surface area is 144 Å². The van der Waals surface area contributed by atoms with Crippen molar-refractivity contribution in [3.63, 3.8) is 0 Å². The molecule has 3 aromatic carbocycles. The lowest BCUT2D eigenvalue weighted by atomic mass is 9.76. The summed E-state index contributed by atoms with van der Waals surface area (Å²) in [5, 5.41) is 0. The average molecular weight is 314 g/mol. The fourth-order valence-electron chi connectivity index (χ4n) is 3.37. The fraction of sp³-hybridized carbons (Fsp3) is 0.174. The molecule has 0 aliphatic rings. The zero-order chi connectivity index (χ0) is 16.8. The van der Waals surface area contributed by atoms with Crippen LogP contribution in [0.25, 0.3) is 0 Å². The predicted octanol–water partition coefficient (Wildman–Crippen LogP) is 5.85. The molecule has 0 bridgehead atoms. The van der Waals surface area contributed by atoms with E-state index < -0.39 is 0 Å². The van der Waals surface area contributed by atoms with Crippen molar-refractivity contribution < 1.29 is 4.79 Å². The highest BCUT2D eigenvalue weighted by molar-refractivity contribution is 6.01. The SMILES string of the molecule is CC[C@@H](c1ccccc1)[C@@H](C(=O)c1ccccc1)c1ccccc1. The van der Waals surface area contributed by atoms with Crippen LogP contribution < -0.4 is 0 Å². The second-order valence-corrected chi connectivity index (χ2v) is 6.04. The van der Waals surface area contributed by atoms with E-state index in [9.17, 15) is 4.79 Å². The molecule has 0 radical (unpaired) electrons. The molecule has 3 rings (SSSR count). The minimum absolute atomic E-state index is 0.166. The van der Waals surface area contributed by atoms with Gasteiger partial charge in [-0.05, 0) is 23.5 Å². The Bertz CT molecular complexity index is 763. The minimum Gasteiger partial charge on any atom is -0.293 e. The topological polar surface area (TPSA) is 17.1 Å². The average Bonchev–Trinajstić information content (AvgIpc) is 2.67. The molecule has 0 saturated heterocycles. The summed E-state index contributed by atoms with van der Waals surface area (Å²) in [7, 11) is 0. The molecule has 0 amide bonds. The summed E-state index contributed by atoms with van der Waals surface area (Å²) in [5.41, 5.74) is 3.08. The van der Waals surface area contributed by atoms with Crippen LogP contribution in [0.3, 0.4) is 0 Å². The van der Waals surface area contributed by atoms with E-state index in [0.717, 1.165) is 17.5 Å². The monoisotopic (exact) mass is 314 g/mol. The number of benzene rings is 3. The van der Waals surface area contributed by atoms with Crippen molar-refractivity contribution in [1.29, 1.82) is 0 Å². The van der Waals surface area contributed by atoms with E-state index in [1.807, 2.05) is 66.7 Å². The highest BCUT2D eigenvalue weighted by atomic mass is 16.1. The van der Waals surface area contributed by atoms with Gasteiger partial charge in [-0.2, -0.15) is 0 Å². The Morgan fingerprint density at radius 1 is 0.708 bits per heavy atom. The normalized spacial score (nSPS) is 13.2. The molecular formula is C23H22O. The van der Waals surface area contributed by atoms with Crippen LogP contribution in [-0.2, 0) is 0 Å². The van der Waals surface area contributed by atoms with Crippen molar-refractivity contribution in [3.05, 3.63) is 108 Å². The summed E-state index contributed by atoms with van der Waals surface area (Å²) < 4.78 is 0. The van der Waals surface area contributed by atoms with Gasteiger partial charge in [0.05, 0.1) is 5.92 Å². The summed E-state index contributed by atoms with van der Waals surface area (Å²) in [6.07, 6.45) is 0.919. The van der Waals surface area contributed by atoms with Crippen LogP contribution in [-0.4, -0.2) is 5.78 Å². The van der Waals surface area contributed by atoms with Crippen molar-refractivity contribution in [2.75, 3.05) is 0 Å². The van der Waals surface area contributed by atoms with E-state index in [-0.39, 0.29) is 17.6 Å². The highest BCUT2D eigenvalue weighted by Gasteiger charge is 2.30. The summed E-state index contributed by atoms with van der Waals surface area (Å²) in [5.74, 6) is 0.194. The van der Waals surface area contributed by atoms with Crippen molar-refractivity contribution in [2.45, 2.75) is 25.2 Å². The van der Waals surface area contributed by atoms with Crippen LogP contribution in [0.5, 0.6) is 0 Å². The maximum absolute atomic E-state index is 13.3. The van der Waals surface area contributed by atoms with Crippen LogP contribution in [0, 0.1) is 0 Å². The van der Waals surface area contributed by atoms with Gasteiger partial charge in [0.15, 0.2) is 5.78 Å². The second kappa shape index (κ2) is 7.74. The van der Waals surface area contributed by atoms with Crippen molar-refractivity contribution in [1.82, 2.24) is 0 Å². The summed E-state index contributed by atoms with van der Waals surface area (Å²) in [6, 6.07) is 30.2. The van der Waals surface area contributed by atoms with Gasteiger partial charge in [-0.3, -0.25) is 4.79 Å². The maximum atomic E-state index is 13.3.